The molecule has 0 N–H and O–H groups in total. The van der Waals surface area contributed by atoms with E-state index >= 15 is 0 Å². The quantitative estimate of drug-likeness (QED) is 0.837. The SMILES string of the molecule is O=C(c1ccncc1Cl)N1CCC[C@H]1c1cccc2c1OCCO2. The van der Waals surface area contributed by atoms with Crippen LogP contribution < -0.4 is 9.47 Å². The van der Waals surface area contributed by atoms with Gasteiger partial charge in [0.15, 0.2) is 11.5 Å². The van der Waals surface area contributed by atoms with E-state index in [4.69, 9.17) is 21.1 Å². The Balaban J connectivity index is 1.69. The largest absolute Gasteiger partial charge is 0.486 e. The number of benzene rings is 1. The molecular weight excluding hydrogens is 328 g/mol. The lowest BCUT2D eigenvalue weighted by molar-refractivity contribution is 0.0731. The van der Waals surface area contributed by atoms with Crippen LogP contribution in [-0.2, 0) is 0 Å². The van der Waals surface area contributed by atoms with Gasteiger partial charge in [0.2, 0.25) is 0 Å². The fourth-order valence-corrected chi connectivity index (χ4v) is 3.60. The second kappa shape index (κ2) is 6.32. The first-order chi connectivity index (χ1) is 11.8. The van der Waals surface area contributed by atoms with Crippen molar-refractivity contribution in [1.29, 1.82) is 0 Å². The number of hydrogen-bond acceptors (Lipinski definition) is 4. The minimum atomic E-state index is -0.0702. The molecule has 0 aliphatic carbocycles. The molecule has 0 saturated carbocycles. The third kappa shape index (κ3) is 2.59. The van der Waals surface area contributed by atoms with Gasteiger partial charge in [0.25, 0.3) is 5.91 Å². The highest BCUT2D eigenvalue weighted by Gasteiger charge is 2.34. The maximum absolute atomic E-state index is 13.0. The molecule has 2 aliphatic rings. The summed E-state index contributed by atoms with van der Waals surface area (Å²) in [7, 11) is 0. The first kappa shape index (κ1) is 15.3. The molecular formula is C18H17ClN2O3. The van der Waals surface area contributed by atoms with E-state index in [0.29, 0.717) is 30.3 Å². The molecule has 1 amide bonds. The third-order valence-electron chi connectivity index (χ3n) is 4.47. The van der Waals surface area contributed by atoms with Crippen LogP contribution >= 0.6 is 11.6 Å². The van der Waals surface area contributed by atoms with Crippen molar-refractivity contribution in [2.45, 2.75) is 18.9 Å². The maximum atomic E-state index is 13.0. The molecule has 0 bridgehead atoms. The van der Waals surface area contributed by atoms with Crippen molar-refractivity contribution in [2.75, 3.05) is 19.8 Å². The summed E-state index contributed by atoms with van der Waals surface area (Å²) in [5.41, 5.74) is 1.49. The maximum Gasteiger partial charge on any atom is 0.255 e. The molecule has 4 rings (SSSR count). The molecule has 1 fully saturated rings. The van der Waals surface area contributed by atoms with Crippen molar-refractivity contribution >= 4 is 17.5 Å². The third-order valence-corrected chi connectivity index (χ3v) is 4.77. The van der Waals surface area contributed by atoms with E-state index in [1.807, 2.05) is 23.1 Å². The number of carbonyl (C=O) groups excluding carboxylic acids is 1. The van der Waals surface area contributed by atoms with E-state index < -0.39 is 0 Å². The summed E-state index contributed by atoms with van der Waals surface area (Å²) >= 11 is 6.15. The van der Waals surface area contributed by atoms with E-state index in [2.05, 4.69) is 4.98 Å². The average Bonchev–Trinajstić information content (AvgIpc) is 3.10. The second-order valence-corrected chi connectivity index (χ2v) is 6.29. The van der Waals surface area contributed by atoms with Crippen LogP contribution in [0, 0.1) is 0 Å². The van der Waals surface area contributed by atoms with E-state index in [0.717, 1.165) is 29.9 Å². The number of rotatable bonds is 2. The Hall–Kier alpha value is -2.27. The van der Waals surface area contributed by atoms with Crippen LogP contribution in [0.25, 0.3) is 0 Å². The molecule has 1 aromatic heterocycles. The van der Waals surface area contributed by atoms with Gasteiger partial charge < -0.3 is 14.4 Å². The zero-order valence-corrected chi connectivity index (χ0v) is 13.8. The molecule has 5 nitrogen and oxygen atoms in total. The molecule has 2 aliphatic heterocycles. The molecule has 6 heteroatoms. The van der Waals surface area contributed by atoms with E-state index in [-0.39, 0.29) is 11.9 Å². The van der Waals surface area contributed by atoms with Crippen LogP contribution in [0.15, 0.2) is 36.7 Å². The van der Waals surface area contributed by atoms with Crippen LogP contribution in [-0.4, -0.2) is 35.5 Å². The molecule has 2 aromatic rings. The van der Waals surface area contributed by atoms with Crippen LogP contribution in [0.4, 0.5) is 0 Å². The van der Waals surface area contributed by atoms with Crippen LogP contribution in [0.1, 0.15) is 34.8 Å². The van der Waals surface area contributed by atoms with Crippen molar-refractivity contribution in [3.63, 3.8) is 0 Å². The molecule has 1 aromatic carbocycles. The first-order valence-electron chi connectivity index (χ1n) is 8.04. The van der Waals surface area contributed by atoms with Gasteiger partial charge in [0.05, 0.1) is 16.6 Å². The van der Waals surface area contributed by atoms with Crippen molar-refractivity contribution in [3.8, 4) is 11.5 Å². The molecule has 1 saturated heterocycles. The molecule has 0 radical (unpaired) electrons. The van der Waals surface area contributed by atoms with Crippen LogP contribution in [0.2, 0.25) is 5.02 Å². The number of para-hydroxylation sites is 1. The van der Waals surface area contributed by atoms with Gasteiger partial charge in [-0.3, -0.25) is 9.78 Å². The molecule has 0 spiro atoms. The normalized spacial score (nSPS) is 19.4. The van der Waals surface area contributed by atoms with Crippen molar-refractivity contribution in [3.05, 3.63) is 52.8 Å². The highest BCUT2D eigenvalue weighted by Crippen LogP contribution is 2.43. The number of ether oxygens (including phenoxy) is 2. The van der Waals surface area contributed by atoms with Gasteiger partial charge in [-0.1, -0.05) is 23.7 Å². The smallest absolute Gasteiger partial charge is 0.255 e. The Labute approximate surface area is 145 Å². The summed E-state index contributed by atoms with van der Waals surface area (Å²) in [5.74, 6) is 1.44. The number of pyridine rings is 1. The van der Waals surface area contributed by atoms with Gasteiger partial charge in [-0.25, -0.2) is 0 Å². The molecule has 124 valence electrons. The number of amides is 1. The number of aromatic nitrogens is 1. The summed E-state index contributed by atoms with van der Waals surface area (Å²) < 4.78 is 11.5. The van der Waals surface area contributed by atoms with Gasteiger partial charge in [0, 0.05) is 24.5 Å². The lowest BCUT2D eigenvalue weighted by Gasteiger charge is -2.29. The van der Waals surface area contributed by atoms with E-state index in [1.54, 1.807) is 12.3 Å². The Kier molecular flexibility index (Phi) is 4.02. The summed E-state index contributed by atoms with van der Waals surface area (Å²) in [6, 6.07) is 7.50. The Morgan fingerprint density at radius 3 is 3.00 bits per heavy atom. The van der Waals surface area contributed by atoms with Gasteiger partial charge in [0.1, 0.15) is 13.2 Å². The number of likely N-dealkylation sites (tertiary alicyclic amines) is 1. The second-order valence-electron chi connectivity index (χ2n) is 5.88. The van der Waals surface area contributed by atoms with Crippen molar-refractivity contribution in [2.24, 2.45) is 0 Å². The first-order valence-corrected chi connectivity index (χ1v) is 8.42. The zero-order chi connectivity index (χ0) is 16.5. The van der Waals surface area contributed by atoms with E-state index in [9.17, 15) is 4.79 Å². The minimum absolute atomic E-state index is 0.0293. The number of fused-ring (bicyclic) bond motifs is 1. The van der Waals surface area contributed by atoms with Crippen molar-refractivity contribution in [1.82, 2.24) is 9.88 Å². The highest BCUT2D eigenvalue weighted by molar-refractivity contribution is 6.33. The predicted molar refractivity (Wildman–Crippen MR) is 89.7 cm³/mol. The minimum Gasteiger partial charge on any atom is -0.486 e. The Morgan fingerprint density at radius 1 is 1.25 bits per heavy atom. The van der Waals surface area contributed by atoms with Gasteiger partial charge >= 0.3 is 0 Å². The standard InChI is InChI=1S/C18H17ClN2O3/c19-14-11-20-7-6-12(14)18(22)21-8-2-4-15(21)13-3-1-5-16-17(13)24-10-9-23-16/h1,3,5-7,11,15H,2,4,8-10H2/t15-/m0/s1. The lowest BCUT2D eigenvalue weighted by atomic mass is 10.0. The van der Waals surface area contributed by atoms with E-state index in [1.165, 1.54) is 6.20 Å². The zero-order valence-electron chi connectivity index (χ0n) is 13.1. The summed E-state index contributed by atoms with van der Waals surface area (Å²) in [4.78, 5) is 18.8. The fourth-order valence-electron chi connectivity index (χ4n) is 3.40. The van der Waals surface area contributed by atoms with Gasteiger partial charge in [-0.05, 0) is 25.0 Å². The van der Waals surface area contributed by atoms with Crippen LogP contribution in [0.3, 0.4) is 0 Å². The number of nitrogens with zero attached hydrogens (tertiary/aromatic N) is 2. The van der Waals surface area contributed by atoms with Gasteiger partial charge in [-0.2, -0.15) is 0 Å². The topological polar surface area (TPSA) is 51.7 Å². The molecule has 1 atom stereocenters. The molecule has 0 unspecified atom stereocenters. The number of halogens is 1. The van der Waals surface area contributed by atoms with Crippen LogP contribution in [0.5, 0.6) is 11.5 Å². The Bertz CT molecular complexity index is 781. The number of carbonyl (C=O) groups is 1. The monoisotopic (exact) mass is 344 g/mol. The highest BCUT2D eigenvalue weighted by atomic mass is 35.5. The van der Waals surface area contributed by atoms with Gasteiger partial charge in [-0.15, -0.1) is 0 Å². The molecule has 24 heavy (non-hydrogen) atoms. The molecule has 3 heterocycles. The summed E-state index contributed by atoms with van der Waals surface area (Å²) in [5, 5.41) is 0.378. The van der Waals surface area contributed by atoms with Crippen molar-refractivity contribution < 1.29 is 14.3 Å². The lowest BCUT2D eigenvalue weighted by Crippen LogP contribution is -2.31. The average molecular weight is 345 g/mol. The number of hydrogen-bond donors (Lipinski definition) is 0. The summed E-state index contributed by atoms with van der Waals surface area (Å²) in [6.45, 7) is 1.78. The summed E-state index contributed by atoms with van der Waals surface area (Å²) in [6.07, 6.45) is 4.94. The Morgan fingerprint density at radius 2 is 2.12 bits per heavy atom. The predicted octanol–water partition coefficient (Wildman–Crippen LogP) is 3.48. The fraction of sp³-hybridized carbons (Fsp3) is 0.333.